The predicted molar refractivity (Wildman–Crippen MR) is 79.8 cm³/mol. The Hall–Kier alpha value is -1.88. The first kappa shape index (κ1) is 15.5. The lowest BCUT2D eigenvalue weighted by Crippen LogP contribution is -2.28. The lowest BCUT2D eigenvalue weighted by Gasteiger charge is -2.08. The van der Waals surface area contributed by atoms with E-state index in [1.807, 2.05) is 18.4 Å². The van der Waals surface area contributed by atoms with E-state index in [0.717, 1.165) is 11.4 Å². The van der Waals surface area contributed by atoms with Gasteiger partial charge in [0.05, 0.1) is 18.4 Å². The second-order valence-corrected chi connectivity index (χ2v) is 5.28. The Balaban J connectivity index is 1.84. The van der Waals surface area contributed by atoms with Crippen LogP contribution in [0.15, 0.2) is 24.5 Å². The first-order chi connectivity index (χ1) is 9.97. The van der Waals surface area contributed by atoms with Gasteiger partial charge in [0, 0.05) is 23.8 Å². The summed E-state index contributed by atoms with van der Waals surface area (Å²) >= 11 is 5.89. The van der Waals surface area contributed by atoms with Crippen molar-refractivity contribution < 1.29 is 9.18 Å². The van der Waals surface area contributed by atoms with Gasteiger partial charge in [-0.1, -0.05) is 17.7 Å². The van der Waals surface area contributed by atoms with E-state index in [1.165, 1.54) is 18.2 Å². The van der Waals surface area contributed by atoms with Crippen molar-refractivity contribution in [3.05, 3.63) is 52.3 Å². The molecule has 0 saturated carbocycles. The molecule has 1 aromatic carbocycles. The van der Waals surface area contributed by atoms with Gasteiger partial charge in [0.1, 0.15) is 5.82 Å². The molecule has 21 heavy (non-hydrogen) atoms. The molecule has 4 nitrogen and oxygen atoms in total. The molecule has 1 amide bonds. The number of rotatable bonds is 5. The quantitative estimate of drug-likeness (QED) is 0.923. The maximum Gasteiger partial charge on any atom is 0.224 e. The molecule has 0 aliphatic carbocycles. The number of hydrogen-bond acceptors (Lipinski definition) is 2. The zero-order valence-electron chi connectivity index (χ0n) is 12.0. The number of nitrogens with zero attached hydrogens (tertiary/aromatic N) is 2. The normalized spacial score (nSPS) is 10.7. The van der Waals surface area contributed by atoms with Crippen LogP contribution in [-0.4, -0.2) is 22.0 Å². The van der Waals surface area contributed by atoms with Crippen molar-refractivity contribution in [2.45, 2.75) is 26.8 Å². The molecule has 0 fully saturated rings. The van der Waals surface area contributed by atoms with Crippen LogP contribution in [0, 0.1) is 19.7 Å². The number of carbonyl (C=O) groups excluding carboxylic acids is 1. The van der Waals surface area contributed by atoms with E-state index in [2.05, 4.69) is 10.3 Å². The van der Waals surface area contributed by atoms with Crippen molar-refractivity contribution >= 4 is 17.5 Å². The number of aromatic nitrogens is 2. The van der Waals surface area contributed by atoms with Gasteiger partial charge < -0.3 is 9.88 Å². The zero-order valence-corrected chi connectivity index (χ0v) is 12.7. The average Bonchev–Trinajstić information content (AvgIpc) is 2.74. The summed E-state index contributed by atoms with van der Waals surface area (Å²) in [6.45, 7) is 5.10. The summed E-state index contributed by atoms with van der Waals surface area (Å²) in [6.07, 6.45) is 1.90. The fraction of sp³-hybridized carbons (Fsp3) is 0.333. The van der Waals surface area contributed by atoms with Crippen LogP contribution >= 0.6 is 11.6 Å². The molecule has 0 aliphatic heterocycles. The van der Waals surface area contributed by atoms with Gasteiger partial charge in [0.25, 0.3) is 0 Å². The maximum atomic E-state index is 12.9. The van der Waals surface area contributed by atoms with Gasteiger partial charge >= 0.3 is 0 Å². The van der Waals surface area contributed by atoms with Gasteiger partial charge in [-0.15, -0.1) is 0 Å². The number of nitrogens with one attached hydrogen (secondary N) is 1. The molecule has 0 saturated heterocycles. The van der Waals surface area contributed by atoms with Crippen LogP contribution in [0.3, 0.4) is 0 Å². The van der Waals surface area contributed by atoms with Gasteiger partial charge in [0.15, 0.2) is 0 Å². The summed E-state index contributed by atoms with van der Waals surface area (Å²) < 4.78 is 14.9. The minimum Gasteiger partial charge on any atom is -0.354 e. The first-order valence-electron chi connectivity index (χ1n) is 6.66. The first-order valence-corrected chi connectivity index (χ1v) is 7.04. The Morgan fingerprint density at radius 2 is 2.19 bits per heavy atom. The SMILES string of the molecule is Cc1ncn(CCNC(=O)Cc2ccc(F)cc2Cl)c1C. The average molecular weight is 310 g/mol. The minimum absolute atomic E-state index is 0.140. The van der Waals surface area contributed by atoms with Crippen molar-refractivity contribution in [2.24, 2.45) is 0 Å². The van der Waals surface area contributed by atoms with Crippen LogP contribution in [0.25, 0.3) is 0 Å². The van der Waals surface area contributed by atoms with E-state index < -0.39 is 5.82 Å². The molecule has 0 radical (unpaired) electrons. The van der Waals surface area contributed by atoms with Crippen molar-refractivity contribution in [3.8, 4) is 0 Å². The van der Waals surface area contributed by atoms with Crippen LogP contribution in [-0.2, 0) is 17.8 Å². The second kappa shape index (κ2) is 6.72. The summed E-state index contributed by atoms with van der Waals surface area (Å²) in [4.78, 5) is 16.0. The summed E-state index contributed by atoms with van der Waals surface area (Å²) in [6, 6.07) is 4.04. The highest BCUT2D eigenvalue weighted by atomic mass is 35.5. The largest absolute Gasteiger partial charge is 0.354 e. The van der Waals surface area contributed by atoms with Gasteiger partial charge in [-0.25, -0.2) is 9.37 Å². The van der Waals surface area contributed by atoms with E-state index in [9.17, 15) is 9.18 Å². The van der Waals surface area contributed by atoms with Crippen molar-refractivity contribution in [3.63, 3.8) is 0 Å². The van der Waals surface area contributed by atoms with E-state index in [0.29, 0.717) is 18.7 Å². The number of imidazole rings is 1. The third kappa shape index (κ3) is 4.04. The number of carbonyl (C=O) groups is 1. The highest BCUT2D eigenvalue weighted by Crippen LogP contribution is 2.17. The lowest BCUT2D eigenvalue weighted by atomic mass is 10.1. The molecule has 6 heteroatoms. The van der Waals surface area contributed by atoms with Gasteiger partial charge in [-0.2, -0.15) is 0 Å². The predicted octanol–water partition coefficient (Wildman–Crippen LogP) is 2.65. The van der Waals surface area contributed by atoms with Crippen LogP contribution < -0.4 is 5.32 Å². The molecule has 1 N–H and O–H groups in total. The highest BCUT2D eigenvalue weighted by Gasteiger charge is 2.08. The molecule has 0 aliphatic rings. The highest BCUT2D eigenvalue weighted by molar-refractivity contribution is 6.31. The van der Waals surface area contributed by atoms with Crippen LogP contribution in [0.2, 0.25) is 5.02 Å². The number of amides is 1. The Labute approximate surface area is 127 Å². The molecule has 0 unspecified atom stereocenters. The van der Waals surface area contributed by atoms with Crippen molar-refractivity contribution in [1.82, 2.24) is 14.9 Å². The third-order valence-electron chi connectivity index (χ3n) is 3.39. The van der Waals surface area contributed by atoms with Gasteiger partial charge in [-0.05, 0) is 31.5 Å². The van der Waals surface area contributed by atoms with Crippen molar-refractivity contribution in [2.75, 3.05) is 6.54 Å². The summed E-state index contributed by atoms with van der Waals surface area (Å²) in [7, 11) is 0. The molecule has 112 valence electrons. The topological polar surface area (TPSA) is 46.9 Å². The fourth-order valence-corrected chi connectivity index (χ4v) is 2.22. The number of benzene rings is 1. The van der Waals surface area contributed by atoms with E-state index in [4.69, 9.17) is 11.6 Å². The molecule has 0 bridgehead atoms. The van der Waals surface area contributed by atoms with E-state index in [-0.39, 0.29) is 17.4 Å². The molecule has 1 aromatic heterocycles. The molecule has 0 atom stereocenters. The summed E-state index contributed by atoms with van der Waals surface area (Å²) in [5.74, 6) is -0.548. The maximum absolute atomic E-state index is 12.9. The molecule has 2 rings (SSSR count). The molecule has 1 heterocycles. The van der Waals surface area contributed by atoms with E-state index >= 15 is 0 Å². The lowest BCUT2D eigenvalue weighted by molar-refractivity contribution is -0.120. The smallest absolute Gasteiger partial charge is 0.224 e. The second-order valence-electron chi connectivity index (χ2n) is 4.87. The van der Waals surface area contributed by atoms with Crippen LogP contribution in [0.1, 0.15) is 17.0 Å². The Bertz CT molecular complexity index is 654. The standard InChI is InChI=1S/C15H17ClFN3O/c1-10-11(2)20(9-19-10)6-5-18-15(21)7-12-3-4-13(17)8-14(12)16/h3-4,8-9H,5-7H2,1-2H3,(H,18,21). The zero-order chi connectivity index (χ0) is 15.4. The summed E-state index contributed by atoms with van der Waals surface area (Å²) in [5, 5.41) is 3.09. The fourth-order valence-electron chi connectivity index (χ4n) is 1.99. The third-order valence-corrected chi connectivity index (χ3v) is 3.74. The minimum atomic E-state index is -0.407. The Morgan fingerprint density at radius 1 is 1.43 bits per heavy atom. The van der Waals surface area contributed by atoms with Crippen molar-refractivity contribution in [1.29, 1.82) is 0 Å². The molecule has 2 aromatic rings. The van der Waals surface area contributed by atoms with E-state index in [1.54, 1.807) is 6.33 Å². The summed E-state index contributed by atoms with van der Waals surface area (Å²) in [5.41, 5.74) is 2.69. The van der Waals surface area contributed by atoms with Gasteiger partial charge in [0.2, 0.25) is 5.91 Å². The molecule has 0 spiro atoms. The Kier molecular flexibility index (Phi) is 4.96. The van der Waals surface area contributed by atoms with Crippen LogP contribution in [0.5, 0.6) is 0 Å². The Morgan fingerprint density at radius 3 is 2.81 bits per heavy atom. The number of aryl methyl sites for hydroxylation is 1. The molecular weight excluding hydrogens is 293 g/mol. The number of hydrogen-bond donors (Lipinski definition) is 1. The van der Waals surface area contributed by atoms with Gasteiger partial charge in [-0.3, -0.25) is 4.79 Å². The molecular formula is C15H17ClFN3O. The number of halogens is 2. The monoisotopic (exact) mass is 309 g/mol. The van der Waals surface area contributed by atoms with Crippen LogP contribution in [0.4, 0.5) is 4.39 Å².